The molecule has 1 saturated heterocycles. The van der Waals surface area contributed by atoms with E-state index in [2.05, 4.69) is 29.5 Å². The van der Waals surface area contributed by atoms with E-state index in [1.807, 2.05) is 53.7 Å². The van der Waals surface area contributed by atoms with Gasteiger partial charge in [0.1, 0.15) is 12.1 Å². The highest BCUT2D eigenvalue weighted by Gasteiger charge is 2.69. The zero-order valence-corrected chi connectivity index (χ0v) is 26.9. The maximum Gasteiger partial charge on any atom is 0.291 e. The summed E-state index contributed by atoms with van der Waals surface area (Å²) in [6, 6.07) is 2.73. The fraction of sp³-hybridized carbons (Fsp3) is 0.688. The first-order valence-electron chi connectivity index (χ1n) is 14.8. The van der Waals surface area contributed by atoms with Crippen LogP contribution in [0.1, 0.15) is 73.9 Å². The molecular weight excluding hydrogens is 534 g/mol. The lowest BCUT2D eigenvalue weighted by molar-refractivity contribution is -0.147. The number of aromatic nitrogens is 1. The normalized spacial score (nSPS) is 22.4. The predicted octanol–water partition coefficient (Wildman–Crippen LogP) is 2.61. The zero-order chi connectivity index (χ0) is 31.8. The Morgan fingerprint density at radius 3 is 2.21 bits per heavy atom. The van der Waals surface area contributed by atoms with Crippen molar-refractivity contribution in [3.8, 4) is 0 Å². The van der Waals surface area contributed by atoms with Crippen molar-refractivity contribution in [2.24, 2.45) is 28.1 Å². The first-order chi connectivity index (χ1) is 19.3. The number of nitrogens with one attached hydrogen (secondary N) is 2. The van der Waals surface area contributed by atoms with Crippen LogP contribution in [-0.4, -0.2) is 83.0 Å². The average molecular weight is 584 g/mol. The fourth-order valence-corrected chi connectivity index (χ4v) is 6.05. The van der Waals surface area contributed by atoms with Gasteiger partial charge in [0.15, 0.2) is 0 Å². The summed E-state index contributed by atoms with van der Waals surface area (Å²) in [5, 5.41) is 5.80. The second-order valence-electron chi connectivity index (χ2n) is 15.0. The first-order valence-corrected chi connectivity index (χ1v) is 14.8. The van der Waals surface area contributed by atoms with Gasteiger partial charge in [0.25, 0.3) is 5.91 Å². The Bertz CT molecular complexity index is 1200. The Hall–Kier alpha value is -3.30. The number of carbonyl (C=O) groups is 5. The second kappa shape index (κ2) is 12.1. The Morgan fingerprint density at radius 1 is 1.05 bits per heavy atom. The van der Waals surface area contributed by atoms with Crippen LogP contribution in [0, 0.1) is 28.1 Å². The van der Waals surface area contributed by atoms with Crippen LogP contribution in [0.2, 0.25) is 0 Å². The summed E-state index contributed by atoms with van der Waals surface area (Å²) in [6.45, 7) is 16.1. The highest BCUT2D eigenvalue weighted by atomic mass is 16.2. The molecule has 0 aromatic carbocycles. The number of fused-ring (bicyclic) bond motifs is 1. The van der Waals surface area contributed by atoms with E-state index in [9.17, 15) is 24.0 Å². The molecule has 0 spiro atoms. The van der Waals surface area contributed by atoms with Crippen molar-refractivity contribution in [2.45, 2.75) is 92.8 Å². The van der Waals surface area contributed by atoms with Crippen LogP contribution >= 0.6 is 0 Å². The summed E-state index contributed by atoms with van der Waals surface area (Å²) in [6.07, 6.45) is 2.48. The Balaban J connectivity index is 1.87. The number of amides is 4. The zero-order valence-electron chi connectivity index (χ0n) is 26.9. The number of piperidine rings is 1. The molecule has 2 heterocycles. The van der Waals surface area contributed by atoms with Gasteiger partial charge in [-0.25, -0.2) is 0 Å². The summed E-state index contributed by atoms with van der Waals surface area (Å²) in [5.41, 5.74) is -0.272. The Morgan fingerprint density at radius 2 is 1.69 bits per heavy atom. The lowest BCUT2D eigenvalue weighted by Gasteiger charge is -2.38. The van der Waals surface area contributed by atoms with Gasteiger partial charge in [-0.2, -0.15) is 0 Å². The third-order valence-corrected chi connectivity index (χ3v) is 8.53. The molecule has 2 aliphatic rings. The fourth-order valence-electron chi connectivity index (χ4n) is 6.05. The maximum absolute atomic E-state index is 14.1. The third kappa shape index (κ3) is 7.55. The monoisotopic (exact) mass is 583 g/mol. The van der Waals surface area contributed by atoms with Crippen molar-refractivity contribution >= 4 is 29.4 Å². The minimum Gasteiger partial charge on any atom is -0.344 e. The van der Waals surface area contributed by atoms with E-state index in [1.165, 1.54) is 19.0 Å². The quantitative estimate of drug-likeness (QED) is 0.408. The molecule has 2 fully saturated rings. The largest absolute Gasteiger partial charge is 0.344 e. The number of pyridine rings is 1. The topological polar surface area (TPSA) is 129 Å². The van der Waals surface area contributed by atoms with E-state index in [4.69, 9.17) is 0 Å². The summed E-state index contributed by atoms with van der Waals surface area (Å²) in [4.78, 5) is 74.0. The number of Topliss-reactive ketones (excluding diaryl/α,β-unsaturated/α-hetero) is 1. The van der Waals surface area contributed by atoms with E-state index in [0.717, 1.165) is 5.69 Å². The number of likely N-dealkylation sites (tertiary alicyclic amines) is 1. The van der Waals surface area contributed by atoms with E-state index in [1.54, 1.807) is 17.2 Å². The molecule has 1 saturated carbocycles. The summed E-state index contributed by atoms with van der Waals surface area (Å²) in [7, 11) is 2.99. The molecule has 0 unspecified atom stereocenters. The maximum atomic E-state index is 14.1. The number of nitrogens with zero attached hydrogens (tertiary/aromatic N) is 3. The molecule has 232 valence electrons. The minimum atomic E-state index is -1.07. The van der Waals surface area contributed by atoms with Crippen LogP contribution in [-0.2, 0) is 30.4 Å². The Kier molecular flexibility index (Phi) is 9.59. The van der Waals surface area contributed by atoms with Gasteiger partial charge in [-0.3, -0.25) is 29.0 Å². The third-order valence-electron chi connectivity index (χ3n) is 8.53. The standard InChI is InChI=1S/C32H49N5O5/c1-30(2,3)17-22(38)35-26(31(4,5)6)29(42)37-18-20-23(32(20,7)8)24(37)27(40)34-21(25(39)28(41)36(9)10)15-14-19-13-11-12-16-33-19/h11-13,16,20-21,23-24,26H,14-15,17-18H2,1-10H3,(H,34,40)(H,35,38)/t20-,21-,23-,24-,26+/m0/s1. The van der Waals surface area contributed by atoms with Gasteiger partial charge in [0.2, 0.25) is 23.5 Å². The molecule has 10 heteroatoms. The number of likely N-dealkylation sites (N-methyl/N-ethyl adjacent to an activating group) is 1. The summed E-state index contributed by atoms with van der Waals surface area (Å²) >= 11 is 0. The molecule has 10 nitrogen and oxygen atoms in total. The van der Waals surface area contributed by atoms with Crippen LogP contribution in [0.5, 0.6) is 0 Å². The van der Waals surface area contributed by atoms with E-state index in [-0.39, 0.29) is 47.3 Å². The molecule has 5 atom stereocenters. The molecule has 4 amide bonds. The van der Waals surface area contributed by atoms with Crippen LogP contribution in [0.3, 0.4) is 0 Å². The van der Waals surface area contributed by atoms with Gasteiger partial charge >= 0.3 is 0 Å². The molecule has 1 aliphatic heterocycles. The first kappa shape index (κ1) is 33.2. The lowest BCUT2D eigenvalue weighted by Crippen LogP contribution is -2.60. The van der Waals surface area contributed by atoms with Crippen LogP contribution in [0.15, 0.2) is 24.4 Å². The minimum absolute atomic E-state index is 0.0940. The molecule has 1 aliphatic carbocycles. The molecular formula is C32H49N5O5. The smallest absolute Gasteiger partial charge is 0.291 e. The van der Waals surface area contributed by atoms with Crippen molar-refractivity contribution in [3.63, 3.8) is 0 Å². The van der Waals surface area contributed by atoms with Crippen LogP contribution < -0.4 is 10.6 Å². The summed E-state index contributed by atoms with van der Waals surface area (Å²) < 4.78 is 0. The molecule has 1 aromatic heterocycles. The van der Waals surface area contributed by atoms with Gasteiger partial charge in [-0.15, -0.1) is 0 Å². The van der Waals surface area contributed by atoms with Gasteiger partial charge in [0, 0.05) is 39.0 Å². The molecule has 0 radical (unpaired) electrons. The van der Waals surface area contributed by atoms with Crippen molar-refractivity contribution in [1.29, 1.82) is 0 Å². The van der Waals surface area contributed by atoms with Gasteiger partial charge in [0.05, 0.1) is 6.04 Å². The van der Waals surface area contributed by atoms with Crippen molar-refractivity contribution in [2.75, 3.05) is 20.6 Å². The lowest BCUT2D eigenvalue weighted by atomic mass is 9.84. The SMILES string of the molecule is CN(C)C(=O)C(=O)[C@H](CCc1ccccn1)NC(=O)[C@@H]1[C@@H]2[C@H](CN1C(=O)[C@@H](NC(=O)CC(C)(C)C)C(C)(C)C)C2(C)C. The van der Waals surface area contributed by atoms with E-state index < -0.39 is 41.1 Å². The van der Waals surface area contributed by atoms with Crippen LogP contribution in [0.4, 0.5) is 0 Å². The molecule has 1 aromatic rings. The molecule has 42 heavy (non-hydrogen) atoms. The second-order valence-corrected chi connectivity index (χ2v) is 15.0. The highest BCUT2D eigenvalue weighted by Crippen LogP contribution is 2.65. The number of hydrogen-bond acceptors (Lipinski definition) is 6. The number of carbonyl (C=O) groups excluding carboxylic acids is 5. The number of rotatable bonds is 10. The van der Waals surface area contributed by atoms with Crippen molar-refractivity contribution in [1.82, 2.24) is 25.4 Å². The number of ketones is 1. The van der Waals surface area contributed by atoms with Gasteiger partial charge in [-0.05, 0) is 53.1 Å². The van der Waals surface area contributed by atoms with Crippen LogP contribution in [0.25, 0.3) is 0 Å². The highest BCUT2D eigenvalue weighted by molar-refractivity contribution is 6.38. The molecule has 0 bridgehead atoms. The predicted molar refractivity (Wildman–Crippen MR) is 160 cm³/mol. The average Bonchev–Trinajstić information content (AvgIpc) is 3.20. The van der Waals surface area contributed by atoms with Crippen molar-refractivity contribution in [3.05, 3.63) is 30.1 Å². The van der Waals surface area contributed by atoms with Gasteiger partial charge < -0.3 is 20.4 Å². The van der Waals surface area contributed by atoms with Gasteiger partial charge in [-0.1, -0.05) is 61.5 Å². The number of aryl methyl sites for hydroxylation is 1. The van der Waals surface area contributed by atoms with E-state index >= 15 is 0 Å². The van der Waals surface area contributed by atoms with E-state index in [0.29, 0.717) is 13.0 Å². The Labute approximate surface area is 250 Å². The number of hydrogen-bond donors (Lipinski definition) is 2. The summed E-state index contributed by atoms with van der Waals surface area (Å²) in [5.74, 6) is -2.38. The molecule has 3 rings (SSSR count). The van der Waals surface area contributed by atoms with Crippen molar-refractivity contribution < 1.29 is 24.0 Å². The molecule has 2 N–H and O–H groups in total.